The van der Waals surface area contributed by atoms with Crippen LogP contribution in [0, 0.1) is 5.41 Å². The molecule has 2 N–H and O–H groups in total. The van der Waals surface area contributed by atoms with Gasteiger partial charge in [0.2, 0.25) is 0 Å². The number of benzene rings is 1. The fourth-order valence-electron chi connectivity index (χ4n) is 4.31. The molecule has 0 saturated carbocycles. The number of hydrogen-bond donors (Lipinski definition) is 2. The van der Waals surface area contributed by atoms with Crippen LogP contribution in [-0.2, 0) is 22.7 Å². The third-order valence-corrected chi connectivity index (χ3v) is 5.59. The van der Waals surface area contributed by atoms with Gasteiger partial charge in [0.1, 0.15) is 11.8 Å². The van der Waals surface area contributed by atoms with Crippen LogP contribution in [0.5, 0.6) is 5.75 Å². The van der Waals surface area contributed by atoms with E-state index in [1.165, 1.54) is 0 Å². The van der Waals surface area contributed by atoms with E-state index < -0.39 is 12.0 Å². The third kappa shape index (κ3) is 3.97. The van der Waals surface area contributed by atoms with Crippen LogP contribution in [0.15, 0.2) is 18.2 Å². The molecule has 2 heterocycles. The minimum absolute atomic E-state index is 0.149. The van der Waals surface area contributed by atoms with Crippen LogP contribution < -0.4 is 10.1 Å². The summed E-state index contributed by atoms with van der Waals surface area (Å²) in [4.78, 5) is 13.9. The molecule has 2 saturated heterocycles. The normalized spacial score (nSPS) is 23.0. The predicted molar refractivity (Wildman–Crippen MR) is 94.7 cm³/mol. The third-order valence-electron chi connectivity index (χ3n) is 5.59. The Morgan fingerprint density at radius 1 is 1.36 bits per heavy atom. The van der Waals surface area contributed by atoms with Gasteiger partial charge < -0.3 is 19.9 Å². The SMILES string of the molecule is COCc1cc(CN2CC3(CCNCC3)C[C@H]2C(=O)O)ccc1OC. The molecule has 3 rings (SSSR count). The van der Waals surface area contributed by atoms with Crippen LogP contribution in [0.1, 0.15) is 30.4 Å². The lowest BCUT2D eigenvalue weighted by Crippen LogP contribution is -2.38. The lowest BCUT2D eigenvalue weighted by Gasteiger charge is -2.33. The lowest BCUT2D eigenvalue weighted by atomic mass is 9.77. The van der Waals surface area contributed by atoms with Gasteiger partial charge in [-0.25, -0.2) is 0 Å². The van der Waals surface area contributed by atoms with Crippen LogP contribution >= 0.6 is 0 Å². The van der Waals surface area contributed by atoms with Crippen LogP contribution in [0.4, 0.5) is 0 Å². The second-order valence-corrected chi connectivity index (χ2v) is 7.29. The number of hydrogen-bond acceptors (Lipinski definition) is 5. The number of aliphatic carboxylic acids is 1. The molecule has 0 aromatic heterocycles. The summed E-state index contributed by atoms with van der Waals surface area (Å²) in [6, 6.07) is 5.63. The highest BCUT2D eigenvalue weighted by atomic mass is 16.5. The number of rotatable bonds is 6. The van der Waals surface area contributed by atoms with E-state index in [-0.39, 0.29) is 5.41 Å². The summed E-state index contributed by atoms with van der Waals surface area (Å²) in [5.74, 6) is 0.0951. The zero-order valence-electron chi connectivity index (χ0n) is 15.1. The minimum Gasteiger partial charge on any atom is -0.496 e. The first-order chi connectivity index (χ1) is 12.1. The maximum atomic E-state index is 11.8. The molecular weight excluding hydrogens is 320 g/mol. The van der Waals surface area contributed by atoms with Crippen LogP contribution in [-0.4, -0.2) is 55.9 Å². The van der Waals surface area contributed by atoms with E-state index >= 15 is 0 Å². The molecule has 1 aromatic carbocycles. The molecule has 2 aliphatic rings. The van der Waals surface area contributed by atoms with Crippen molar-refractivity contribution >= 4 is 5.97 Å². The quantitative estimate of drug-likeness (QED) is 0.818. The Morgan fingerprint density at radius 2 is 2.12 bits per heavy atom. The molecule has 0 unspecified atom stereocenters. The monoisotopic (exact) mass is 348 g/mol. The smallest absolute Gasteiger partial charge is 0.320 e. The van der Waals surface area contributed by atoms with Crippen molar-refractivity contribution in [3.05, 3.63) is 29.3 Å². The maximum Gasteiger partial charge on any atom is 0.320 e. The first-order valence-electron chi connectivity index (χ1n) is 8.89. The average molecular weight is 348 g/mol. The maximum absolute atomic E-state index is 11.8. The van der Waals surface area contributed by atoms with E-state index in [1.54, 1.807) is 14.2 Å². The first-order valence-corrected chi connectivity index (χ1v) is 8.89. The molecule has 138 valence electrons. The topological polar surface area (TPSA) is 71.0 Å². The molecule has 2 aliphatic heterocycles. The number of carboxylic acids is 1. The van der Waals surface area contributed by atoms with Crippen molar-refractivity contribution in [1.29, 1.82) is 0 Å². The number of ether oxygens (including phenoxy) is 2. The molecule has 1 aromatic rings. The number of piperidine rings is 1. The van der Waals surface area contributed by atoms with Crippen LogP contribution in [0.2, 0.25) is 0 Å². The number of carbonyl (C=O) groups is 1. The molecule has 6 heteroatoms. The summed E-state index contributed by atoms with van der Waals surface area (Å²) in [6.07, 6.45) is 2.88. The summed E-state index contributed by atoms with van der Waals surface area (Å²) >= 11 is 0. The summed E-state index contributed by atoms with van der Waals surface area (Å²) in [5, 5.41) is 13.1. The Hall–Kier alpha value is -1.63. The molecule has 0 bridgehead atoms. The van der Waals surface area contributed by atoms with E-state index in [9.17, 15) is 9.90 Å². The van der Waals surface area contributed by atoms with Crippen molar-refractivity contribution in [3.63, 3.8) is 0 Å². The predicted octanol–water partition coefficient (Wildman–Crippen LogP) is 1.87. The van der Waals surface area contributed by atoms with Gasteiger partial charge in [-0.3, -0.25) is 9.69 Å². The number of nitrogens with zero attached hydrogens (tertiary/aromatic N) is 1. The van der Waals surface area contributed by atoms with Gasteiger partial charge in [0.25, 0.3) is 0 Å². The van der Waals surface area contributed by atoms with E-state index in [4.69, 9.17) is 9.47 Å². The Morgan fingerprint density at radius 3 is 2.76 bits per heavy atom. The minimum atomic E-state index is -0.707. The number of likely N-dealkylation sites (tertiary alicyclic amines) is 1. The van der Waals surface area contributed by atoms with Crippen LogP contribution in [0.3, 0.4) is 0 Å². The molecule has 25 heavy (non-hydrogen) atoms. The summed E-state index contributed by atoms with van der Waals surface area (Å²) in [7, 11) is 3.31. The van der Waals surface area contributed by atoms with Crippen molar-refractivity contribution < 1.29 is 19.4 Å². The average Bonchev–Trinajstić information content (AvgIpc) is 2.94. The second-order valence-electron chi connectivity index (χ2n) is 7.29. The molecule has 1 spiro atoms. The van der Waals surface area contributed by atoms with Crippen molar-refractivity contribution in [2.45, 2.75) is 38.5 Å². The van der Waals surface area contributed by atoms with Gasteiger partial charge >= 0.3 is 5.97 Å². The molecule has 1 atom stereocenters. The Balaban J connectivity index is 1.78. The molecule has 0 amide bonds. The van der Waals surface area contributed by atoms with Crippen molar-refractivity contribution in [2.24, 2.45) is 5.41 Å². The summed E-state index contributed by atoms with van der Waals surface area (Å²) in [6.45, 7) is 3.96. The van der Waals surface area contributed by atoms with Gasteiger partial charge in [-0.05, 0) is 55.5 Å². The van der Waals surface area contributed by atoms with Crippen molar-refractivity contribution in [1.82, 2.24) is 10.2 Å². The van der Waals surface area contributed by atoms with Gasteiger partial charge in [0.05, 0.1) is 13.7 Å². The van der Waals surface area contributed by atoms with Gasteiger partial charge in [-0.15, -0.1) is 0 Å². The van der Waals surface area contributed by atoms with E-state index in [2.05, 4.69) is 16.3 Å². The number of nitrogens with one attached hydrogen (secondary N) is 1. The highest BCUT2D eigenvalue weighted by molar-refractivity contribution is 5.74. The molecule has 2 fully saturated rings. The van der Waals surface area contributed by atoms with E-state index in [1.807, 2.05) is 12.1 Å². The number of carboxylic acid groups (broad SMARTS) is 1. The largest absolute Gasteiger partial charge is 0.496 e. The van der Waals surface area contributed by atoms with E-state index in [0.717, 1.165) is 55.8 Å². The molecule has 6 nitrogen and oxygen atoms in total. The van der Waals surface area contributed by atoms with Gasteiger partial charge in [0, 0.05) is 25.8 Å². The molecule has 0 radical (unpaired) electrons. The fourth-order valence-corrected chi connectivity index (χ4v) is 4.31. The summed E-state index contributed by atoms with van der Waals surface area (Å²) < 4.78 is 10.6. The first kappa shape index (κ1) is 18.2. The number of methoxy groups -OCH3 is 2. The zero-order valence-corrected chi connectivity index (χ0v) is 15.1. The van der Waals surface area contributed by atoms with Gasteiger partial charge in [0.15, 0.2) is 0 Å². The highest BCUT2D eigenvalue weighted by Crippen LogP contribution is 2.42. The summed E-state index contributed by atoms with van der Waals surface area (Å²) in [5.41, 5.74) is 2.24. The lowest BCUT2D eigenvalue weighted by molar-refractivity contribution is -0.142. The molecule has 0 aliphatic carbocycles. The van der Waals surface area contributed by atoms with Crippen molar-refractivity contribution in [2.75, 3.05) is 33.9 Å². The second kappa shape index (κ2) is 7.72. The van der Waals surface area contributed by atoms with Gasteiger partial charge in [-0.1, -0.05) is 6.07 Å². The highest BCUT2D eigenvalue weighted by Gasteiger charge is 2.46. The Kier molecular flexibility index (Phi) is 5.61. The van der Waals surface area contributed by atoms with Crippen molar-refractivity contribution in [3.8, 4) is 5.75 Å². The Bertz CT molecular complexity index is 613. The Labute approximate surface area is 149 Å². The van der Waals surface area contributed by atoms with Crippen LogP contribution in [0.25, 0.3) is 0 Å². The fraction of sp³-hybridized carbons (Fsp3) is 0.632. The molecular formula is C19H28N2O4. The zero-order chi connectivity index (χ0) is 17.9. The van der Waals surface area contributed by atoms with Gasteiger partial charge in [-0.2, -0.15) is 0 Å². The standard InChI is InChI=1S/C19H28N2O4/c1-24-12-15-9-14(3-4-17(15)25-2)11-21-13-19(5-7-20-8-6-19)10-16(21)18(22)23/h3-4,9,16,20H,5-8,10-13H2,1-2H3,(H,22,23)/t16-/m0/s1. The van der Waals surface area contributed by atoms with E-state index in [0.29, 0.717) is 13.2 Å².